The second-order valence-electron chi connectivity index (χ2n) is 6.98. The van der Waals surface area contributed by atoms with E-state index in [0.717, 1.165) is 23.7 Å². The summed E-state index contributed by atoms with van der Waals surface area (Å²) in [7, 11) is 0. The highest BCUT2D eigenvalue weighted by Gasteiger charge is 2.53. The molecule has 0 aromatic heterocycles. The molecule has 3 heteroatoms. The van der Waals surface area contributed by atoms with Crippen LogP contribution in [0.4, 0.5) is 0 Å². The van der Waals surface area contributed by atoms with Gasteiger partial charge in [0.1, 0.15) is 0 Å². The summed E-state index contributed by atoms with van der Waals surface area (Å²) in [5.41, 5.74) is 0. The highest BCUT2D eigenvalue weighted by molar-refractivity contribution is 5.78. The van der Waals surface area contributed by atoms with Crippen LogP contribution in [-0.4, -0.2) is 24.5 Å². The lowest BCUT2D eigenvalue weighted by molar-refractivity contribution is -0.120. The second-order valence-corrected chi connectivity index (χ2v) is 6.98. The van der Waals surface area contributed by atoms with Crippen molar-refractivity contribution in [2.75, 3.05) is 6.54 Å². The standard InChI is InChI=1S/C15H24N2O/c18-15(17-10-4-5-10)8-16-14-7-9-6-13(14)12-3-1-2-11(9)12/h9-14,16H,1-8H2,(H,17,18). The summed E-state index contributed by atoms with van der Waals surface area (Å²) in [4.78, 5) is 11.7. The number of rotatable bonds is 4. The molecule has 4 aliphatic carbocycles. The first kappa shape index (κ1) is 11.3. The van der Waals surface area contributed by atoms with E-state index in [1.807, 2.05) is 0 Å². The van der Waals surface area contributed by atoms with E-state index in [1.165, 1.54) is 44.9 Å². The van der Waals surface area contributed by atoms with Crippen LogP contribution in [0.25, 0.3) is 0 Å². The molecule has 4 fully saturated rings. The summed E-state index contributed by atoms with van der Waals surface area (Å²) in [6.07, 6.45) is 9.54. The molecule has 4 rings (SSSR count). The lowest BCUT2D eigenvalue weighted by atomic mass is 9.79. The van der Waals surface area contributed by atoms with Gasteiger partial charge >= 0.3 is 0 Å². The zero-order chi connectivity index (χ0) is 12.1. The molecular formula is C15H24N2O. The number of hydrogen-bond donors (Lipinski definition) is 2. The first-order valence-corrected chi connectivity index (χ1v) is 7.84. The Kier molecular flexibility index (Phi) is 2.65. The fourth-order valence-electron chi connectivity index (χ4n) is 5.03. The highest BCUT2D eigenvalue weighted by atomic mass is 16.2. The van der Waals surface area contributed by atoms with Gasteiger partial charge in [0.15, 0.2) is 0 Å². The van der Waals surface area contributed by atoms with E-state index in [1.54, 1.807) is 0 Å². The summed E-state index contributed by atoms with van der Waals surface area (Å²) in [5, 5.41) is 6.61. The topological polar surface area (TPSA) is 41.1 Å². The van der Waals surface area contributed by atoms with Crippen LogP contribution >= 0.6 is 0 Å². The smallest absolute Gasteiger partial charge is 0.234 e. The van der Waals surface area contributed by atoms with Crippen molar-refractivity contribution in [2.24, 2.45) is 23.7 Å². The quantitative estimate of drug-likeness (QED) is 0.795. The normalized spacial score (nSPS) is 45.2. The zero-order valence-electron chi connectivity index (χ0n) is 11.0. The van der Waals surface area contributed by atoms with Gasteiger partial charge in [0.25, 0.3) is 0 Å². The Hall–Kier alpha value is -0.570. The van der Waals surface area contributed by atoms with Crippen LogP contribution in [0.5, 0.6) is 0 Å². The summed E-state index contributed by atoms with van der Waals surface area (Å²) in [5.74, 6) is 4.12. The number of hydrogen-bond acceptors (Lipinski definition) is 2. The van der Waals surface area contributed by atoms with Crippen LogP contribution in [0.2, 0.25) is 0 Å². The van der Waals surface area contributed by atoms with Crippen molar-refractivity contribution >= 4 is 5.91 Å². The van der Waals surface area contributed by atoms with Crippen LogP contribution in [0, 0.1) is 23.7 Å². The SMILES string of the molecule is O=C(CNC1CC2CC1C1CCCC21)NC1CC1. The molecule has 5 atom stereocenters. The van der Waals surface area contributed by atoms with Gasteiger partial charge in [-0.15, -0.1) is 0 Å². The third kappa shape index (κ3) is 1.87. The van der Waals surface area contributed by atoms with Crippen molar-refractivity contribution in [3.8, 4) is 0 Å². The van der Waals surface area contributed by atoms with E-state index in [9.17, 15) is 4.79 Å². The third-order valence-corrected chi connectivity index (χ3v) is 5.90. The maximum atomic E-state index is 11.7. The van der Waals surface area contributed by atoms with Gasteiger partial charge in [-0.2, -0.15) is 0 Å². The molecule has 4 aliphatic rings. The molecule has 0 radical (unpaired) electrons. The Morgan fingerprint density at radius 3 is 2.67 bits per heavy atom. The van der Waals surface area contributed by atoms with Crippen molar-refractivity contribution in [1.82, 2.24) is 10.6 Å². The molecule has 5 unspecified atom stereocenters. The summed E-state index contributed by atoms with van der Waals surface area (Å²) in [6.45, 7) is 0.543. The maximum Gasteiger partial charge on any atom is 0.234 e. The molecule has 0 aromatic rings. The molecule has 0 aliphatic heterocycles. The van der Waals surface area contributed by atoms with Crippen LogP contribution < -0.4 is 10.6 Å². The van der Waals surface area contributed by atoms with E-state index < -0.39 is 0 Å². The number of fused-ring (bicyclic) bond motifs is 5. The minimum absolute atomic E-state index is 0.211. The highest BCUT2D eigenvalue weighted by Crippen LogP contribution is 2.58. The van der Waals surface area contributed by atoms with Gasteiger partial charge < -0.3 is 10.6 Å². The lowest BCUT2D eigenvalue weighted by Crippen LogP contribution is -2.44. The predicted octanol–water partition coefficient (Wildman–Crippen LogP) is 1.68. The predicted molar refractivity (Wildman–Crippen MR) is 70.0 cm³/mol. The molecule has 2 bridgehead atoms. The molecular weight excluding hydrogens is 224 g/mol. The van der Waals surface area contributed by atoms with E-state index in [4.69, 9.17) is 0 Å². The molecule has 4 saturated carbocycles. The molecule has 0 aromatic carbocycles. The van der Waals surface area contributed by atoms with E-state index in [-0.39, 0.29) is 5.91 Å². The zero-order valence-corrected chi connectivity index (χ0v) is 11.0. The number of carbonyl (C=O) groups is 1. The van der Waals surface area contributed by atoms with Gasteiger partial charge in [-0.25, -0.2) is 0 Å². The van der Waals surface area contributed by atoms with Gasteiger partial charge in [-0.05, 0) is 62.2 Å². The van der Waals surface area contributed by atoms with Crippen molar-refractivity contribution in [1.29, 1.82) is 0 Å². The summed E-state index contributed by atoms with van der Waals surface area (Å²) < 4.78 is 0. The minimum atomic E-state index is 0.211. The Labute approximate surface area is 109 Å². The van der Waals surface area contributed by atoms with Crippen LogP contribution in [0.1, 0.15) is 44.9 Å². The Bertz CT molecular complexity index is 352. The molecule has 1 amide bonds. The molecule has 0 spiro atoms. The van der Waals surface area contributed by atoms with E-state index in [2.05, 4.69) is 10.6 Å². The van der Waals surface area contributed by atoms with Gasteiger partial charge in [0, 0.05) is 12.1 Å². The van der Waals surface area contributed by atoms with Gasteiger partial charge in [-0.1, -0.05) is 6.42 Å². The molecule has 0 saturated heterocycles. The van der Waals surface area contributed by atoms with Crippen molar-refractivity contribution < 1.29 is 4.79 Å². The average molecular weight is 248 g/mol. The van der Waals surface area contributed by atoms with Gasteiger partial charge in [-0.3, -0.25) is 4.79 Å². The van der Waals surface area contributed by atoms with Gasteiger partial charge in [0.2, 0.25) is 5.91 Å². The molecule has 18 heavy (non-hydrogen) atoms. The van der Waals surface area contributed by atoms with E-state index >= 15 is 0 Å². The largest absolute Gasteiger partial charge is 0.352 e. The fourth-order valence-corrected chi connectivity index (χ4v) is 5.03. The Balaban J connectivity index is 1.30. The molecule has 0 heterocycles. The van der Waals surface area contributed by atoms with Crippen LogP contribution in [-0.2, 0) is 4.79 Å². The lowest BCUT2D eigenvalue weighted by Gasteiger charge is -2.32. The Morgan fingerprint density at radius 2 is 1.83 bits per heavy atom. The number of amides is 1. The molecule has 2 N–H and O–H groups in total. The molecule has 3 nitrogen and oxygen atoms in total. The minimum Gasteiger partial charge on any atom is -0.352 e. The third-order valence-electron chi connectivity index (χ3n) is 5.90. The van der Waals surface area contributed by atoms with E-state index in [0.29, 0.717) is 18.6 Å². The monoisotopic (exact) mass is 248 g/mol. The molecule has 100 valence electrons. The second kappa shape index (κ2) is 4.22. The van der Waals surface area contributed by atoms with Crippen LogP contribution in [0.3, 0.4) is 0 Å². The summed E-state index contributed by atoms with van der Waals surface area (Å²) >= 11 is 0. The maximum absolute atomic E-state index is 11.7. The Morgan fingerprint density at radius 1 is 1.00 bits per heavy atom. The summed E-state index contributed by atoms with van der Waals surface area (Å²) in [6, 6.07) is 1.14. The van der Waals surface area contributed by atoms with Gasteiger partial charge in [0.05, 0.1) is 6.54 Å². The van der Waals surface area contributed by atoms with Crippen molar-refractivity contribution in [2.45, 2.75) is 57.0 Å². The first-order chi connectivity index (χ1) is 8.81. The number of carbonyl (C=O) groups excluding carboxylic acids is 1. The fraction of sp³-hybridized carbons (Fsp3) is 0.933. The first-order valence-electron chi connectivity index (χ1n) is 7.84. The van der Waals surface area contributed by atoms with Crippen LogP contribution in [0.15, 0.2) is 0 Å². The van der Waals surface area contributed by atoms with Crippen molar-refractivity contribution in [3.05, 3.63) is 0 Å². The van der Waals surface area contributed by atoms with Crippen molar-refractivity contribution in [3.63, 3.8) is 0 Å². The average Bonchev–Trinajstić information content (AvgIpc) is 2.83. The number of nitrogens with one attached hydrogen (secondary N) is 2.